The summed E-state index contributed by atoms with van der Waals surface area (Å²) in [5.74, 6) is 0.979. The van der Waals surface area contributed by atoms with Gasteiger partial charge in [-0.1, -0.05) is 19.1 Å². The molecule has 2 rings (SSSR count). The fraction of sp³-hybridized carbons (Fsp3) is 0.533. The molecule has 0 radical (unpaired) electrons. The second kappa shape index (κ2) is 6.06. The molecule has 0 saturated carbocycles. The Balaban J connectivity index is 2.08. The van der Waals surface area contributed by atoms with Gasteiger partial charge in [0.05, 0.1) is 13.2 Å². The number of hydrogen-bond donors (Lipinski definition) is 1. The standard InChI is InChI=1S/C15H22N2O2/c1-11-4-3-9-17(14(11)15(16)18)10-12-5-7-13(19-2)8-6-12/h5-8,11,14H,3-4,9-10H2,1-2H3,(H2,16,18)/t11-,14?/m1/s1. The Morgan fingerprint density at radius 2 is 2.11 bits per heavy atom. The Morgan fingerprint density at radius 1 is 1.42 bits per heavy atom. The van der Waals surface area contributed by atoms with Crippen molar-refractivity contribution in [2.45, 2.75) is 32.4 Å². The van der Waals surface area contributed by atoms with Crippen LogP contribution in [0.3, 0.4) is 0 Å². The monoisotopic (exact) mass is 262 g/mol. The van der Waals surface area contributed by atoms with Gasteiger partial charge in [0.2, 0.25) is 5.91 Å². The molecule has 1 heterocycles. The first-order chi connectivity index (χ1) is 9.11. The third-order valence-corrected chi connectivity index (χ3v) is 3.87. The van der Waals surface area contributed by atoms with E-state index in [1.807, 2.05) is 24.3 Å². The minimum absolute atomic E-state index is 0.143. The van der Waals surface area contributed by atoms with Crippen LogP contribution in [0.15, 0.2) is 24.3 Å². The molecule has 1 unspecified atom stereocenters. The number of piperidine rings is 1. The van der Waals surface area contributed by atoms with Gasteiger partial charge in [0.25, 0.3) is 0 Å². The highest BCUT2D eigenvalue weighted by atomic mass is 16.5. The number of carbonyl (C=O) groups excluding carboxylic acids is 1. The normalized spacial score (nSPS) is 24.1. The van der Waals surface area contributed by atoms with E-state index in [9.17, 15) is 4.79 Å². The second-order valence-electron chi connectivity index (χ2n) is 5.29. The maximum atomic E-state index is 11.6. The van der Waals surface area contributed by atoms with E-state index in [1.54, 1.807) is 7.11 Å². The lowest BCUT2D eigenvalue weighted by atomic mass is 9.90. The number of likely N-dealkylation sites (tertiary alicyclic amines) is 1. The van der Waals surface area contributed by atoms with Crippen LogP contribution in [-0.2, 0) is 11.3 Å². The van der Waals surface area contributed by atoms with E-state index in [2.05, 4.69) is 11.8 Å². The van der Waals surface area contributed by atoms with Gasteiger partial charge in [-0.15, -0.1) is 0 Å². The van der Waals surface area contributed by atoms with E-state index in [0.717, 1.165) is 31.7 Å². The van der Waals surface area contributed by atoms with Crippen molar-refractivity contribution in [1.29, 1.82) is 0 Å². The van der Waals surface area contributed by atoms with Crippen LogP contribution < -0.4 is 10.5 Å². The molecule has 0 aromatic heterocycles. The number of rotatable bonds is 4. The average molecular weight is 262 g/mol. The third-order valence-electron chi connectivity index (χ3n) is 3.87. The molecule has 0 spiro atoms. The lowest BCUT2D eigenvalue weighted by Gasteiger charge is -2.38. The van der Waals surface area contributed by atoms with Crippen LogP contribution >= 0.6 is 0 Å². The smallest absolute Gasteiger partial charge is 0.235 e. The molecular formula is C15H22N2O2. The Bertz CT molecular complexity index is 430. The number of amides is 1. The van der Waals surface area contributed by atoms with Crippen LogP contribution in [0.4, 0.5) is 0 Å². The number of nitrogens with zero attached hydrogens (tertiary/aromatic N) is 1. The first-order valence-corrected chi connectivity index (χ1v) is 6.78. The number of hydrogen-bond acceptors (Lipinski definition) is 3. The van der Waals surface area contributed by atoms with Crippen LogP contribution in [0.1, 0.15) is 25.3 Å². The molecular weight excluding hydrogens is 240 g/mol. The van der Waals surface area contributed by atoms with E-state index in [0.29, 0.717) is 5.92 Å². The van der Waals surface area contributed by atoms with E-state index in [-0.39, 0.29) is 11.9 Å². The van der Waals surface area contributed by atoms with Crippen LogP contribution in [-0.4, -0.2) is 30.5 Å². The second-order valence-corrected chi connectivity index (χ2v) is 5.29. The number of benzene rings is 1. The van der Waals surface area contributed by atoms with Gasteiger partial charge in [-0.05, 0) is 43.0 Å². The molecule has 1 aliphatic rings. The van der Waals surface area contributed by atoms with Crippen molar-refractivity contribution >= 4 is 5.91 Å². The molecule has 1 aromatic carbocycles. The summed E-state index contributed by atoms with van der Waals surface area (Å²) in [5, 5.41) is 0. The van der Waals surface area contributed by atoms with Gasteiger partial charge in [-0.2, -0.15) is 0 Å². The molecule has 1 saturated heterocycles. The molecule has 2 atom stereocenters. The zero-order valence-corrected chi connectivity index (χ0v) is 11.6. The summed E-state index contributed by atoms with van der Waals surface area (Å²) in [6.45, 7) is 3.81. The summed E-state index contributed by atoms with van der Waals surface area (Å²) in [4.78, 5) is 13.8. The average Bonchev–Trinajstić information content (AvgIpc) is 2.39. The van der Waals surface area contributed by atoms with Crippen molar-refractivity contribution in [3.63, 3.8) is 0 Å². The number of methoxy groups -OCH3 is 1. The summed E-state index contributed by atoms with van der Waals surface area (Å²) in [7, 11) is 1.66. The molecule has 2 N–H and O–H groups in total. The van der Waals surface area contributed by atoms with Crippen molar-refractivity contribution in [2.75, 3.05) is 13.7 Å². The Labute approximate surface area is 114 Å². The van der Waals surface area contributed by atoms with Crippen molar-refractivity contribution in [1.82, 2.24) is 4.90 Å². The maximum absolute atomic E-state index is 11.6. The van der Waals surface area contributed by atoms with Gasteiger partial charge in [-0.3, -0.25) is 9.69 Å². The fourth-order valence-electron chi connectivity index (χ4n) is 2.88. The molecule has 4 heteroatoms. The first kappa shape index (κ1) is 13.9. The molecule has 4 nitrogen and oxygen atoms in total. The highest BCUT2D eigenvalue weighted by Gasteiger charge is 2.32. The Hall–Kier alpha value is -1.55. The van der Waals surface area contributed by atoms with Gasteiger partial charge in [0.1, 0.15) is 5.75 Å². The Morgan fingerprint density at radius 3 is 2.68 bits per heavy atom. The molecule has 0 bridgehead atoms. The minimum atomic E-state index is -0.208. The predicted octanol–water partition coefficient (Wildman–Crippen LogP) is 1.78. The molecule has 1 aliphatic heterocycles. The number of primary amides is 1. The van der Waals surface area contributed by atoms with Gasteiger partial charge >= 0.3 is 0 Å². The van der Waals surface area contributed by atoms with Crippen molar-refractivity contribution in [2.24, 2.45) is 11.7 Å². The van der Waals surface area contributed by atoms with Crippen LogP contribution in [0.25, 0.3) is 0 Å². The van der Waals surface area contributed by atoms with Crippen LogP contribution in [0.2, 0.25) is 0 Å². The molecule has 1 amide bonds. The van der Waals surface area contributed by atoms with Crippen LogP contribution in [0.5, 0.6) is 5.75 Å². The molecule has 104 valence electrons. The van der Waals surface area contributed by atoms with Crippen molar-refractivity contribution < 1.29 is 9.53 Å². The number of nitrogens with two attached hydrogens (primary N) is 1. The van der Waals surface area contributed by atoms with Crippen LogP contribution in [0, 0.1) is 5.92 Å². The zero-order valence-electron chi connectivity index (χ0n) is 11.6. The summed E-state index contributed by atoms with van der Waals surface area (Å²) >= 11 is 0. The lowest BCUT2D eigenvalue weighted by molar-refractivity contribution is -0.126. The van der Waals surface area contributed by atoms with Gasteiger partial charge < -0.3 is 10.5 Å². The maximum Gasteiger partial charge on any atom is 0.235 e. The number of carbonyl (C=O) groups is 1. The fourth-order valence-corrected chi connectivity index (χ4v) is 2.88. The zero-order chi connectivity index (χ0) is 13.8. The minimum Gasteiger partial charge on any atom is -0.497 e. The highest BCUT2D eigenvalue weighted by Crippen LogP contribution is 2.25. The predicted molar refractivity (Wildman–Crippen MR) is 74.8 cm³/mol. The van der Waals surface area contributed by atoms with Gasteiger partial charge in [0, 0.05) is 6.54 Å². The van der Waals surface area contributed by atoms with Gasteiger partial charge in [-0.25, -0.2) is 0 Å². The quantitative estimate of drug-likeness (QED) is 0.900. The molecule has 0 aliphatic carbocycles. The number of ether oxygens (including phenoxy) is 1. The summed E-state index contributed by atoms with van der Waals surface area (Å²) in [6.07, 6.45) is 2.20. The van der Waals surface area contributed by atoms with E-state index >= 15 is 0 Å². The van der Waals surface area contributed by atoms with E-state index in [4.69, 9.17) is 10.5 Å². The van der Waals surface area contributed by atoms with E-state index in [1.165, 1.54) is 5.56 Å². The Kier molecular flexibility index (Phi) is 4.43. The SMILES string of the molecule is COc1ccc(CN2CCC[C@@H](C)C2C(N)=O)cc1. The van der Waals surface area contributed by atoms with Gasteiger partial charge in [0.15, 0.2) is 0 Å². The largest absolute Gasteiger partial charge is 0.497 e. The molecule has 1 fully saturated rings. The topological polar surface area (TPSA) is 55.6 Å². The first-order valence-electron chi connectivity index (χ1n) is 6.78. The van der Waals surface area contributed by atoms with Crippen molar-refractivity contribution in [3.05, 3.63) is 29.8 Å². The van der Waals surface area contributed by atoms with Crippen molar-refractivity contribution in [3.8, 4) is 5.75 Å². The third kappa shape index (κ3) is 3.26. The summed E-state index contributed by atoms with van der Waals surface area (Å²) in [6, 6.07) is 7.83. The summed E-state index contributed by atoms with van der Waals surface area (Å²) in [5.41, 5.74) is 6.73. The lowest BCUT2D eigenvalue weighted by Crippen LogP contribution is -2.51. The molecule has 1 aromatic rings. The highest BCUT2D eigenvalue weighted by molar-refractivity contribution is 5.80. The summed E-state index contributed by atoms with van der Waals surface area (Å²) < 4.78 is 5.15. The molecule has 19 heavy (non-hydrogen) atoms. The van der Waals surface area contributed by atoms with E-state index < -0.39 is 0 Å².